The normalized spacial score (nSPS) is 18.4. The lowest BCUT2D eigenvalue weighted by molar-refractivity contribution is 0.233. The van der Waals surface area contributed by atoms with Crippen LogP contribution < -0.4 is 4.90 Å². The third-order valence-electron chi connectivity index (χ3n) is 4.09. The van der Waals surface area contributed by atoms with Crippen LogP contribution in [0, 0.1) is 0 Å². The van der Waals surface area contributed by atoms with Crippen LogP contribution in [0.5, 0.6) is 0 Å². The summed E-state index contributed by atoms with van der Waals surface area (Å²) in [6.45, 7) is 2.48. The molecule has 0 N–H and O–H groups in total. The number of benzene rings is 1. The van der Waals surface area contributed by atoms with E-state index in [0.29, 0.717) is 0 Å². The predicted molar refractivity (Wildman–Crippen MR) is 85.3 cm³/mol. The molecule has 21 heavy (non-hydrogen) atoms. The second-order valence-corrected chi connectivity index (χ2v) is 5.51. The van der Waals surface area contributed by atoms with E-state index < -0.39 is 0 Å². The lowest BCUT2D eigenvalue weighted by Crippen LogP contribution is -2.27. The molecule has 0 saturated carbocycles. The Balaban J connectivity index is 1.67. The fourth-order valence-corrected chi connectivity index (χ4v) is 2.98. The minimum Gasteiger partial charge on any atom is -0.492 e. The molecule has 0 radical (unpaired) electrons. The molecule has 106 valence electrons. The van der Waals surface area contributed by atoms with Gasteiger partial charge in [-0.15, -0.1) is 0 Å². The molecule has 2 heterocycles. The summed E-state index contributed by atoms with van der Waals surface area (Å²) in [6.07, 6.45) is 6.72. The summed E-state index contributed by atoms with van der Waals surface area (Å²) in [6, 6.07) is 12.5. The van der Waals surface area contributed by atoms with Gasteiger partial charge in [-0.2, -0.15) is 0 Å². The Morgan fingerprint density at radius 3 is 2.90 bits per heavy atom. The Morgan fingerprint density at radius 2 is 1.90 bits per heavy atom. The van der Waals surface area contributed by atoms with Gasteiger partial charge in [0.1, 0.15) is 18.2 Å². The molecule has 3 heteroatoms. The maximum absolute atomic E-state index is 5.87. The highest BCUT2D eigenvalue weighted by Crippen LogP contribution is 2.26. The van der Waals surface area contributed by atoms with Crippen molar-refractivity contribution in [1.82, 2.24) is 4.98 Å². The number of ether oxygens (including phenoxy) is 1. The fraction of sp³-hybridized carbons (Fsp3) is 0.278. The van der Waals surface area contributed by atoms with Crippen LogP contribution in [0.4, 0.5) is 5.82 Å². The zero-order valence-corrected chi connectivity index (χ0v) is 12.0. The molecule has 0 unspecified atom stereocenters. The number of aromatic nitrogens is 1. The third-order valence-corrected chi connectivity index (χ3v) is 4.09. The summed E-state index contributed by atoms with van der Waals surface area (Å²) >= 11 is 0. The molecule has 1 aromatic heterocycles. The Morgan fingerprint density at radius 1 is 1.00 bits per heavy atom. The van der Waals surface area contributed by atoms with Crippen LogP contribution in [0.1, 0.15) is 12.8 Å². The summed E-state index contributed by atoms with van der Waals surface area (Å²) in [7, 11) is 0. The number of nitrogens with zero attached hydrogens (tertiary/aromatic N) is 2. The number of hydrogen-bond acceptors (Lipinski definition) is 3. The molecule has 0 atom stereocenters. The second kappa shape index (κ2) is 5.24. The van der Waals surface area contributed by atoms with Crippen LogP contribution in [0.3, 0.4) is 0 Å². The quantitative estimate of drug-likeness (QED) is 0.795. The molecule has 0 amide bonds. The third kappa shape index (κ3) is 2.40. The maximum atomic E-state index is 5.87. The van der Waals surface area contributed by atoms with E-state index in [-0.39, 0.29) is 0 Å². The van der Waals surface area contributed by atoms with E-state index in [1.807, 2.05) is 12.1 Å². The van der Waals surface area contributed by atoms with Gasteiger partial charge in [-0.1, -0.05) is 24.3 Å². The minimum absolute atomic E-state index is 0.720. The zero-order valence-electron chi connectivity index (χ0n) is 12.0. The first-order valence-corrected chi connectivity index (χ1v) is 7.53. The first kappa shape index (κ1) is 12.5. The van der Waals surface area contributed by atoms with Gasteiger partial charge < -0.3 is 9.64 Å². The van der Waals surface area contributed by atoms with Crippen molar-refractivity contribution in [3.63, 3.8) is 0 Å². The molecule has 0 spiro atoms. The van der Waals surface area contributed by atoms with Crippen molar-refractivity contribution in [1.29, 1.82) is 0 Å². The fourth-order valence-electron chi connectivity index (χ4n) is 2.98. The average molecular weight is 278 g/mol. The maximum Gasteiger partial charge on any atom is 0.129 e. The van der Waals surface area contributed by atoms with Crippen LogP contribution in [0.2, 0.25) is 0 Å². The van der Waals surface area contributed by atoms with Gasteiger partial charge in [-0.05, 0) is 37.1 Å². The number of rotatable bonds is 1. The second-order valence-electron chi connectivity index (χ2n) is 5.51. The summed E-state index contributed by atoms with van der Waals surface area (Å²) in [5.41, 5.74) is 2.35. The lowest BCUT2D eigenvalue weighted by Gasteiger charge is -2.22. The van der Waals surface area contributed by atoms with E-state index in [0.717, 1.165) is 49.6 Å². The van der Waals surface area contributed by atoms with E-state index in [2.05, 4.69) is 41.3 Å². The van der Waals surface area contributed by atoms with Crippen LogP contribution in [0.25, 0.3) is 10.9 Å². The molecule has 1 aromatic carbocycles. The summed E-state index contributed by atoms with van der Waals surface area (Å²) < 4.78 is 5.87. The molecule has 2 aromatic rings. The molecular weight excluding hydrogens is 260 g/mol. The van der Waals surface area contributed by atoms with Gasteiger partial charge in [0.25, 0.3) is 0 Å². The number of pyridine rings is 1. The van der Waals surface area contributed by atoms with E-state index in [1.54, 1.807) is 0 Å². The minimum atomic E-state index is 0.720. The topological polar surface area (TPSA) is 25.4 Å². The Kier molecular flexibility index (Phi) is 3.11. The van der Waals surface area contributed by atoms with Crippen molar-refractivity contribution in [3.8, 4) is 0 Å². The van der Waals surface area contributed by atoms with Crippen molar-refractivity contribution < 1.29 is 4.74 Å². The van der Waals surface area contributed by atoms with Gasteiger partial charge in [0.2, 0.25) is 0 Å². The Hall–Kier alpha value is -2.29. The highest BCUT2D eigenvalue weighted by Gasteiger charge is 2.20. The smallest absolute Gasteiger partial charge is 0.129 e. The first-order valence-electron chi connectivity index (χ1n) is 7.53. The van der Waals surface area contributed by atoms with Crippen LogP contribution in [-0.4, -0.2) is 24.7 Å². The average Bonchev–Trinajstić information content (AvgIpc) is 2.76. The standard InChI is InChI=1S/C18H18N2O/c1-3-7-16-14(5-1)9-10-18(19-16)20-11-12-21-17-8-4-2-6-15(17)13-20/h1,3,5-10H,2,4,11-13H2. The lowest BCUT2D eigenvalue weighted by atomic mass is 10.0. The predicted octanol–water partition coefficient (Wildman–Crippen LogP) is 3.68. The zero-order chi connectivity index (χ0) is 14.1. The molecule has 1 saturated heterocycles. The molecule has 1 aliphatic heterocycles. The van der Waals surface area contributed by atoms with Gasteiger partial charge in [-0.25, -0.2) is 4.98 Å². The molecular formula is C18H18N2O. The highest BCUT2D eigenvalue weighted by atomic mass is 16.5. The molecule has 4 rings (SSSR count). The van der Waals surface area contributed by atoms with Gasteiger partial charge in [0, 0.05) is 17.5 Å². The summed E-state index contributed by atoms with van der Waals surface area (Å²) in [4.78, 5) is 7.11. The Labute approximate surface area is 124 Å². The van der Waals surface area contributed by atoms with E-state index in [1.165, 1.54) is 11.0 Å². The summed E-state index contributed by atoms with van der Waals surface area (Å²) in [5.74, 6) is 2.11. The van der Waals surface area contributed by atoms with Crippen molar-refractivity contribution in [3.05, 3.63) is 59.9 Å². The number of fused-ring (bicyclic) bond motifs is 2. The molecule has 0 bridgehead atoms. The van der Waals surface area contributed by atoms with Crippen LogP contribution in [0.15, 0.2) is 59.9 Å². The van der Waals surface area contributed by atoms with Gasteiger partial charge in [0.05, 0.1) is 12.1 Å². The van der Waals surface area contributed by atoms with Crippen LogP contribution in [-0.2, 0) is 4.74 Å². The SMILES string of the molecule is C1=C2CN(c3ccc4ccccc4n3)CCOC2=CCC1. The van der Waals surface area contributed by atoms with Crippen molar-refractivity contribution in [2.24, 2.45) is 0 Å². The van der Waals surface area contributed by atoms with Gasteiger partial charge in [0.15, 0.2) is 0 Å². The van der Waals surface area contributed by atoms with E-state index in [4.69, 9.17) is 9.72 Å². The van der Waals surface area contributed by atoms with Crippen LogP contribution >= 0.6 is 0 Å². The number of allylic oxidation sites excluding steroid dienone is 2. The summed E-state index contributed by atoms with van der Waals surface area (Å²) in [5, 5.41) is 1.18. The van der Waals surface area contributed by atoms with E-state index in [9.17, 15) is 0 Å². The molecule has 1 fully saturated rings. The van der Waals surface area contributed by atoms with Crippen molar-refractivity contribution in [2.45, 2.75) is 12.8 Å². The molecule has 1 aliphatic carbocycles. The molecule has 2 aliphatic rings. The Bertz CT molecular complexity index is 733. The van der Waals surface area contributed by atoms with Gasteiger partial charge >= 0.3 is 0 Å². The first-order chi connectivity index (χ1) is 10.4. The largest absolute Gasteiger partial charge is 0.492 e. The number of para-hydroxylation sites is 1. The van der Waals surface area contributed by atoms with Gasteiger partial charge in [-0.3, -0.25) is 0 Å². The highest BCUT2D eigenvalue weighted by molar-refractivity contribution is 5.80. The number of hydrogen-bond donors (Lipinski definition) is 0. The monoisotopic (exact) mass is 278 g/mol. The van der Waals surface area contributed by atoms with Crippen molar-refractivity contribution in [2.75, 3.05) is 24.6 Å². The molecule has 3 nitrogen and oxygen atoms in total. The van der Waals surface area contributed by atoms with E-state index >= 15 is 0 Å². The van der Waals surface area contributed by atoms with Crippen molar-refractivity contribution >= 4 is 16.7 Å². The number of anilines is 1.